The molecule has 0 spiro atoms. The third kappa shape index (κ3) is 3.13. The Morgan fingerprint density at radius 3 is 0.950 bits per heavy atom. The lowest BCUT2D eigenvalue weighted by Gasteiger charge is -2.47. The van der Waals surface area contributed by atoms with Crippen LogP contribution in [-0.2, 0) is 0 Å². The fraction of sp³-hybridized carbons (Fsp3) is 1.00. The Balaban J connectivity index is 1.79. The molecule has 0 aromatic carbocycles. The minimum atomic E-state index is -1.20. The smallest absolute Gasteiger partial charge is 0.0530 e. The molecule has 0 aromatic rings. The monoisotopic (exact) mass is 291 g/mol. The summed E-state index contributed by atoms with van der Waals surface area (Å²) < 4.78 is 0. The standard InChI is InChI=1S/C18H33BP/c19-20(16-10-4-1-5-11-16,17-12-6-2-7-13-17)18-14-8-3-9-15-18/h16-18H,1-15H2/q+1. The molecule has 0 aromatic heterocycles. The van der Waals surface area contributed by atoms with Gasteiger partial charge < -0.3 is 0 Å². The molecule has 0 amide bonds. The van der Waals surface area contributed by atoms with Crippen molar-refractivity contribution in [2.45, 2.75) is 113 Å². The summed E-state index contributed by atoms with van der Waals surface area (Å²) in [4.78, 5) is 0. The fourth-order valence-electron chi connectivity index (χ4n) is 5.48. The third-order valence-electron chi connectivity index (χ3n) is 6.62. The topological polar surface area (TPSA) is 0 Å². The molecule has 3 aliphatic rings. The van der Waals surface area contributed by atoms with Crippen molar-refractivity contribution < 1.29 is 0 Å². The maximum absolute atomic E-state index is 7.43. The van der Waals surface area contributed by atoms with Gasteiger partial charge in [-0.25, -0.2) is 0 Å². The van der Waals surface area contributed by atoms with Gasteiger partial charge in [-0.05, 0) is 84.2 Å². The second-order valence-electron chi connectivity index (χ2n) is 7.77. The molecule has 0 unspecified atom stereocenters. The van der Waals surface area contributed by atoms with Crippen LogP contribution < -0.4 is 0 Å². The molecule has 20 heavy (non-hydrogen) atoms. The largest absolute Gasteiger partial charge is 0.366 e. The number of hydrogen-bond acceptors (Lipinski definition) is 0. The molecule has 112 valence electrons. The molecule has 0 atom stereocenters. The Morgan fingerprint density at radius 1 is 0.450 bits per heavy atom. The predicted molar refractivity (Wildman–Crippen MR) is 93.3 cm³/mol. The Kier molecular flexibility index (Phi) is 5.52. The van der Waals surface area contributed by atoms with Crippen LogP contribution in [-0.4, -0.2) is 24.5 Å². The Labute approximate surface area is 128 Å². The van der Waals surface area contributed by atoms with E-state index >= 15 is 0 Å². The highest BCUT2D eigenvalue weighted by Crippen LogP contribution is 2.74. The van der Waals surface area contributed by atoms with Crippen LogP contribution in [0.4, 0.5) is 0 Å². The van der Waals surface area contributed by atoms with E-state index in [4.69, 9.17) is 7.57 Å². The molecule has 0 heterocycles. The predicted octanol–water partition coefficient (Wildman–Crippen LogP) is 6.09. The van der Waals surface area contributed by atoms with Crippen molar-refractivity contribution in [3.8, 4) is 0 Å². The molecular formula is C18H33BP+. The molecule has 3 fully saturated rings. The summed E-state index contributed by atoms with van der Waals surface area (Å²) in [5, 5.41) is 0. The minimum absolute atomic E-state index is 0.961. The molecule has 0 N–H and O–H groups in total. The van der Waals surface area contributed by atoms with E-state index in [2.05, 4.69) is 0 Å². The molecule has 3 rings (SSSR count). The van der Waals surface area contributed by atoms with E-state index in [0.29, 0.717) is 0 Å². The summed E-state index contributed by atoms with van der Waals surface area (Å²) in [5.41, 5.74) is 2.88. The van der Waals surface area contributed by atoms with Gasteiger partial charge in [-0.1, -0.05) is 19.3 Å². The van der Waals surface area contributed by atoms with Gasteiger partial charge in [0.2, 0.25) is 0 Å². The average molecular weight is 291 g/mol. The zero-order chi connectivity index (χ0) is 13.8. The number of rotatable bonds is 3. The summed E-state index contributed by atoms with van der Waals surface area (Å²) in [6, 6.07) is 0. The average Bonchev–Trinajstić information content (AvgIpc) is 2.56. The van der Waals surface area contributed by atoms with Crippen molar-refractivity contribution in [3.63, 3.8) is 0 Å². The van der Waals surface area contributed by atoms with Crippen molar-refractivity contribution in [2.75, 3.05) is 0 Å². The summed E-state index contributed by atoms with van der Waals surface area (Å²) in [7, 11) is 6.24. The second kappa shape index (κ2) is 7.17. The first kappa shape index (κ1) is 15.4. The van der Waals surface area contributed by atoms with Crippen molar-refractivity contribution in [2.24, 2.45) is 0 Å². The van der Waals surface area contributed by atoms with Crippen molar-refractivity contribution >= 4 is 14.7 Å². The van der Waals surface area contributed by atoms with Crippen LogP contribution in [0.5, 0.6) is 0 Å². The van der Waals surface area contributed by atoms with E-state index in [1.807, 2.05) is 0 Å². The van der Waals surface area contributed by atoms with Crippen LogP contribution in [0.15, 0.2) is 0 Å². The van der Waals surface area contributed by atoms with E-state index in [1.165, 1.54) is 96.3 Å². The third-order valence-corrected chi connectivity index (χ3v) is 12.0. The first-order chi connectivity index (χ1) is 9.82. The lowest BCUT2D eigenvalue weighted by molar-refractivity contribution is 0.457. The van der Waals surface area contributed by atoms with Crippen LogP contribution in [0.3, 0.4) is 0 Å². The highest BCUT2D eigenvalue weighted by atomic mass is 31.2. The normalized spacial score (nSPS) is 28.6. The first-order valence-corrected chi connectivity index (χ1v) is 11.5. The van der Waals surface area contributed by atoms with Crippen LogP contribution in [0, 0.1) is 0 Å². The maximum atomic E-state index is 7.43. The molecule has 2 heteroatoms. The van der Waals surface area contributed by atoms with Crippen LogP contribution in [0.25, 0.3) is 0 Å². The quantitative estimate of drug-likeness (QED) is 0.436. The van der Waals surface area contributed by atoms with Gasteiger partial charge in [-0.2, -0.15) is 0 Å². The van der Waals surface area contributed by atoms with Crippen molar-refractivity contribution in [1.82, 2.24) is 0 Å². The van der Waals surface area contributed by atoms with Crippen LogP contribution in [0.1, 0.15) is 96.3 Å². The molecule has 0 nitrogen and oxygen atoms in total. The highest BCUT2D eigenvalue weighted by molar-refractivity contribution is 7.99. The summed E-state index contributed by atoms with van der Waals surface area (Å²) in [6.07, 6.45) is 22.2. The molecule has 0 bridgehead atoms. The first-order valence-electron chi connectivity index (χ1n) is 9.48. The zero-order valence-electron chi connectivity index (χ0n) is 13.4. The van der Waals surface area contributed by atoms with Gasteiger partial charge >= 0.3 is 7.57 Å². The Hall–Kier alpha value is 0.495. The summed E-state index contributed by atoms with van der Waals surface area (Å²) in [5.74, 6) is 0. The zero-order valence-corrected chi connectivity index (χ0v) is 14.3. The molecule has 2 radical (unpaired) electrons. The van der Waals surface area contributed by atoms with Gasteiger partial charge in [0.1, 0.15) is 0 Å². The van der Waals surface area contributed by atoms with Gasteiger partial charge in [-0.3, -0.25) is 0 Å². The number of hydrogen-bond donors (Lipinski definition) is 0. The van der Waals surface area contributed by atoms with E-state index < -0.39 is 7.14 Å². The fourth-order valence-corrected chi connectivity index (χ4v) is 11.0. The van der Waals surface area contributed by atoms with Gasteiger partial charge in [0.25, 0.3) is 0 Å². The SMILES string of the molecule is [B][P+](C1CCCCC1)(C1CCCCC1)C1CCCCC1. The van der Waals surface area contributed by atoms with E-state index in [9.17, 15) is 0 Å². The van der Waals surface area contributed by atoms with E-state index in [-0.39, 0.29) is 0 Å². The van der Waals surface area contributed by atoms with Crippen LogP contribution in [0.2, 0.25) is 0 Å². The maximum Gasteiger partial charge on any atom is 0.366 e. The van der Waals surface area contributed by atoms with Crippen molar-refractivity contribution in [1.29, 1.82) is 0 Å². The molecule has 0 aliphatic heterocycles. The minimum Gasteiger partial charge on any atom is -0.0530 e. The second-order valence-corrected chi connectivity index (χ2v) is 11.7. The van der Waals surface area contributed by atoms with Gasteiger partial charge in [0.05, 0.1) is 17.0 Å². The lowest BCUT2D eigenvalue weighted by Crippen LogP contribution is -2.36. The Morgan fingerprint density at radius 2 is 0.700 bits per heavy atom. The van der Waals surface area contributed by atoms with E-state index in [0.717, 1.165) is 17.0 Å². The van der Waals surface area contributed by atoms with Crippen molar-refractivity contribution in [3.05, 3.63) is 0 Å². The molecular weight excluding hydrogens is 258 g/mol. The van der Waals surface area contributed by atoms with Gasteiger partial charge in [0.15, 0.2) is 0 Å². The van der Waals surface area contributed by atoms with Crippen LogP contribution >= 0.6 is 7.14 Å². The molecule has 3 aliphatic carbocycles. The Bertz CT molecular complexity index is 240. The van der Waals surface area contributed by atoms with Gasteiger partial charge in [0, 0.05) is 0 Å². The highest BCUT2D eigenvalue weighted by Gasteiger charge is 2.52. The summed E-state index contributed by atoms with van der Waals surface area (Å²) >= 11 is 0. The molecule has 0 saturated heterocycles. The van der Waals surface area contributed by atoms with Gasteiger partial charge in [-0.15, -0.1) is 0 Å². The van der Waals surface area contributed by atoms with E-state index in [1.54, 1.807) is 0 Å². The summed E-state index contributed by atoms with van der Waals surface area (Å²) in [6.45, 7) is 0. The molecule has 3 saturated carbocycles. The lowest BCUT2D eigenvalue weighted by atomic mass is 9.98.